The van der Waals surface area contributed by atoms with E-state index in [1.165, 1.54) is 29.2 Å². The van der Waals surface area contributed by atoms with E-state index in [2.05, 4.69) is 5.32 Å². The lowest BCUT2D eigenvalue weighted by molar-refractivity contribution is -0.128. The molecule has 0 fully saturated rings. The minimum atomic E-state index is -4.12. The van der Waals surface area contributed by atoms with E-state index in [1.54, 1.807) is 48.5 Å². The van der Waals surface area contributed by atoms with Crippen molar-refractivity contribution in [2.24, 2.45) is 0 Å². The molecular weight excluding hydrogens is 609 g/mol. The zero-order valence-electron chi connectivity index (χ0n) is 23.0. The lowest BCUT2D eigenvalue weighted by Crippen LogP contribution is -2.53. The van der Waals surface area contributed by atoms with Gasteiger partial charge in [-0.05, 0) is 66.1 Å². The number of benzene rings is 4. The van der Waals surface area contributed by atoms with Gasteiger partial charge in [0.15, 0.2) is 6.10 Å². The third-order valence-corrected chi connectivity index (χ3v) is 9.27. The second-order valence-corrected chi connectivity index (χ2v) is 12.8. The maximum Gasteiger partial charge on any atom is 0.262 e. The number of carbonyl (C=O) groups is 2. The van der Waals surface area contributed by atoms with Crippen molar-refractivity contribution in [1.82, 2.24) is 9.62 Å². The molecule has 8 nitrogen and oxygen atoms in total. The van der Waals surface area contributed by atoms with Gasteiger partial charge in [-0.15, -0.1) is 0 Å². The molecule has 43 heavy (non-hydrogen) atoms. The summed E-state index contributed by atoms with van der Waals surface area (Å²) in [5.74, 6) is -0.519. The summed E-state index contributed by atoms with van der Waals surface area (Å²) in [6, 6.07) is 29.1. The van der Waals surface area contributed by atoms with Gasteiger partial charge in [-0.2, -0.15) is 4.31 Å². The maximum absolute atomic E-state index is 13.9. The summed E-state index contributed by atoms with van der Waals surface area (Å²) in [4.78, 5) is 28.4. The number of sulfonamides is 1. The highest BCUT2D eigenvalue weighted by atomic mass is 35.5. The van der Waals surface area contributed by atoms with Gasteiger partial charge in [0.1, 0.15) is 5.75 Å². The highest BCUT2D eigenvalue weighted by Gasteiger charge is 2.36. The average Bonchev–Trinajstić information content (AvgIpc) is 3.01. The monoisotopic (exact) mass is 637 g/mol. The number of hydrogen-bond donors (Lipinski definition) is 1. The molecule has 1 aliphatic heterocycles. The number of anilines is 1. The van der Waals surface area contributed by atoms with Crippen LogP contribution in [0.5, 0.6) is 5.75 Å². The first-order chi connectivity index (χ1) is 20.7. The van der Waals surface area contributed by atoms with E-state index in [1.807, 2.05) is 30.3 Å². The van der Waals surface area contributed by atoms with Crippen molar-refractivity contribution in [1.29, 1.82) is 0 Å². The highest BCUT2D eigenvalue weighted by Crippen LogP contribution is 2.34. The SMILES string of the molecule is O=C(NCCc1ccccc1)C1CN(C(=O)CN(Cc2ccc(Cl)cc2)S(=O)(=O)c2ccc(Cl)cc2)c2ccccc2O1. The number of carbonyl (C=O) groups excluding carboxylic acids is 2. The first-order valence-corrected chi connectivity index (χ1v) is 15.8. The summed E-state index contributed by atoms with van der Waals surface area (Å²) in [6.45, 7) is -0.247. The van der Waals surface area contributed by atoms with E-state index in [0.717, 1.165) is 9.87 Å². The van der Waals surface area contributed by atoms with Crippen molar-refractivity contribution in [2.75, 3.05) is 24.5 Å². The summed E-state index contributed by atoms with van der Waals surface area (Å²) in [5, 5.41) is 3.78. The van der Waals surface area contributed by atoms with Crippen LogP contribution >= 0.6 is 23.2 Å². The fourth-order valence-electron chi connectivity index (χ4n) is 4.71. The Hall–Kier alpha value is -3.89. The van der Waals surface area contributed by atoms with E-state index < -0.39 is 28.6 Å². The first-order valence-electron chi connectivity index (χ1n) is 13.6. The van der Waals surface area contributed by atoms with Gasteiger partial charge in [0.2, 0.25) is 15.9 Å². The smallest absolute Gasteiger partial charge is 0.262 e. The van der Waals surface area contributed by atoms with Crippen LogP contribution < -0.4 is 15.0 Å². The molecule has 4 aromatic rings. The predicted molar refractivity (Wildman–Crippen MR) is 167 cm³/mol. The highest BCUT2D eigenvalue weighted by molar-refractivity contribution is 7.89. The van der Waals surface area contributed by atoms with Gasteiger partial charge in [-0.25, -0.2) is 8.42 Å². The number of ether oxygens (including phenoxy) is 1. The average molecular weight is 639 g/mol. The summed E-state index contributed by atoms with van der Waals surface area (Å²) >= 11 is 12.0. The molecule has 222 valence electrons. The molecule has 0 saturated carbocycles. The number of hydrogen-bond acceptors (Lipinski definition) is 5. The molecule has 1 unspecified atom stereocenters. The van der Waals surface area contributed by atoms with Gasteiger partial charge in [-0.3, -0.25) is 9.59 Å². The van der Waals surface area contributed by atoms with Gasteiger partial charge in [0.05, 0.1) is 23.7 Å². The van der Waals surface area contributed by atoms with E-state index >= 15 is 0 Å². The lowest BCUT2D eigenvalue weighted by Gasteiger charge is -2.35. The van der Waals surface area contributed by atoms with E-state index in [0.29, 0.717) is 40.0 Å². The first kappa shape index (κ1) is 30.6. The fraction of sp³-hybridized carbons (Fsp3) is 0.188. The van der Waals surface area contributed by atoms with Crippen molar-refractivity contribution in [3.63, 3.8) is 0 Å². The van der Waals surface area contributed by atoms with Crippen LogP contribution in [0.1, 0.15) is 11.1 Å². The van der Waals surface area contributed by atoms with Gasteiger partial charge in [0.25, 0.3) is 5.91 Å². The Bertz CT molecular complexity index is 1680. The zero-order valence-corrected chi connectivity index (χ0v) is 25.4. The Labute approximate surface area is 260 Å². The molecule has 1 N–H and O–H groups in total. The van der Waals surface area contributed by atoms with Crippen LogP contribution in [0.2, 0.25) is 10.0 Å². The Morgan fingerprint density at radius 1 is 0.837 bits per heavy atom. The van der Waals surface area contributed by atoms with Crippen molar-refractivity contribution in [3.8, 4) is 5.75 Å². The van der Waals surface area contributed by atoms with Crippen LogP contribution in [-0.2, 0) is 32.6 Å². The molecule has 5 rings (SSSR count). The lowest BCUT2D eigenvalue weighted by atomic mass is 10.1. The Balaban J connectivity index is 1.37. The van der Waals surface area contributed by atoms with Crippen LogP contribution in [0.15, 0.2) is 108 Å². The quantitative estimate of drug-likeness (QED) is 0.253. The topological polar surface area (TPSA) is 96.0 Å². The molecule has 2 amide bonds. The Morgan fingerprint density at radius 3 is 2.16 bits per heavy atom. The van der Waals surface area contributed by atoms with Crippen LogP contribution in [0.25, 0.3) is 0 Å². The molecule has 0 spiro atoms. The molecular formula is C32H29Cl2N3O5S. The third kappa shape index (κ3) is 7.55. The minimum Gasteiger partial charge on any atom is -0.477 e. The standard InChI is InChI=1S/C32H29Cl2N3O5S/c33-25-12-10-24(11-13-25)20-36(43(40,41)27-16-14-26(34)15-17-27)22-31(38)37-21-30(42-29-9-5-4-8-28(29)37)32(39)35-19-18-23-6-2-1-3-7-23/h1-17,30H,18-22H2,(H,35,39). The molecule has 1 atom stereocenters. The molecule has 1 heterocycles. The molecule has 11 heteroatoms. The molecule has 0 aliphatic carbocycles. The van der Waals surface area contributed by atoms with E-state index in [4.69, 9.17) is 27.9 Å². The largest absolute Gasteiger partial charge is 0.477 e. The van der Waals surface area contributed by atoms with Gasteiger partial charge in [-0.1, -0.05) is 77.8 Å². The number of rotatable bonds is 10. The van der Waals surface area contributed by atoms with Crippen molar-refractivity contribution in [2.45, 2.75) is 24.0 Å². The molecule has 0 aromatic heterocycles. The molecule has 0 radical (unpaired) electrons. The molecule has 0 bridgehead atoms. The van der Waals surface area contributed by atoms with E-state index in [-0.39, 0.29) is 23.9 Å². The zero-order chi connectivity index (χ0) is 30.4. The summed E-state index contributed by atoms with van der Waals surface area (Å²) in [6.07, 6.45) is -0.340. The van der Waals surface area contributed by atoms with Crippen LogP contribution in [0.3, 0.4) is 0 Å². The number of nitrogens with zero attached hydrogens (tertiary/aromatic N) is 2. The van der Waals surface area contributed by atoms with Gasteiger partial charge < -0.3 is 15.0 Å². The van der Waals surface area contributed by atoms with Crippen LogP contribution in [0, 0.1) is 0 Å². The van der Waals surface area contributed by atoms with E-state index in [9.17, 15) is 18.0 Å². The third-order valence-electron chi connectivity index (χ3n) is 6.96. The number of nitrogens with one attached hydrogen (secondary N) is 1. The van der Waals surface area contributed by atoms with Gasteiger partial charge in [0, 0.05) is 23.1 Å². The number of fused-ring (bicyclic) bond motifs is 1. The van der Waals surface area contributed by atoms with Gasteiger partial charge >= 0.3 is 0 Å². The number of halogens is 2. The number of amides is 2. The normalized spacial score (nSPS) is 14.6. The fourth-order valence-corrected chi connectivity index (χ4v) is 6.34. The van der Waals surface area contributed by atoms with Crippen molar-refractivity contribution in [3.05, 3.63) is 124 Å². The predicted octanol–water partition coefficient (Wildman–Crippen LogP) is 5.34. The summed E-state index contributed by atoms with van der Waals surface area (Å²) in [5.41, 5.74) is 2.18. The minimum absolute atomic E-state index is 0.00304. The summed E-state index contributed by atoms with van der Waals surface area (Å²) < 4.78 is 34.6. The number of para-hydroxylation sites is 2. The Morgan fingerprint density at radius 2 is 1.47 bits per heavy atom. The second-order valence-electron chi connectivity index (χ2n) is 9.96. The van der Waals surface area contributed by atoms with Crippen molar-refractivity contribution >= 4 is 50.7 Å². The second kappa shape index (κ2) is 13.6. The molecule has 0 saturated heterocycles. The molecule has 1 aliphatic rings. The van der Waals surface area contributed by atoms with Crippen LogP contribution in [-0.4, -0.2) is 50.3 Å². The van der Waals surface area contributed by atoms with Crippen LogP contribution in [0.4, 0.5) is 5.69 Å². The molecule has 4 aromatic carbocycles. The van der Waals surface area contributed by atoms with Crippen molar-refractivity contribution < 1.29 is 22.7 Å². The summed E-state index contributed by atoms with van der Waals surface area (Å²) in [7, 11) is -4.12. The Kier molecular flexibility index (Phi) is 9.67. The maximum atomic E-state index is 13.9.